The fraction of sp³-hybridized carbons (Fsp3) is 0.265. The Labute approximate surface area is 332 Å². The van der Waals surface area contributed by atoms with Crippen LogP contribution in [-0.4, -0.2) is 39.1 Å². The number of benzene rings is 5. The molecule has 0 spiro atoms. The van der Waals surface area contributed by atoms with E-state index in [0.717, 1.165) is 58.7 Å². The molecule has 2 heterocycles. The van der Waals surface area contributed by atoms with Crippen LogP contribution in [0.3, 0.4) is 0 Å². The van der Waals surface area contributed by atoms with E-state index in [0.29, 0.717) is 55.3 Å². The topological polar surface area (TPSA) is 108 Å². The van der Waals surface area contributed by atoms with Crippen molar-refractivity contribution in [2.24, 2.45) is 0 Å². The predicted molar refractivity (Wildman–Crippen MR) is 227 cm³/mol. The maximum Gasteiger partial charge on any atom is 0.248 e. The molecule has 1 aliphatic carbocycles. The van der Waals surface area contributed by atoms with Crippen molar-refractivity contribution in [1.29, 1.82) is 0 Å². The van der Waals surface area contributed by atoms with Crippen molar-refractivity contribution >= 4 is 21.8 Å². The predicted octanol–water partition coefficient (Wildman–Crippen LogP) is 8.40. The molecule has 2 aromatic heterocycles. The Morgan fingerprint density at radius 1 is 0.649 bits per heavy atom. The number of hydrogen-bond donors (Lipinski definition) is 3. The number of aliphatic hydroxyl groups excluding tert-OH is 1. The van der Waals surface area contributed by atoms with Crippen LogP contribution in [0, 0.1) is 0 Å². The van der Waals surface area contributed by atoms with Gasteiger partial charge in [0.1, 0.15) is 24.7 Å². The molecule has 1 unspecified atom stereocenters. The minimum absolute atomic E-state index is 0.180. The van der Waals surface area contributed by atoms with Gasteiger partial charge in [-0.25, -0.2) is 0 Å². The molecule has 8 heteroatoms. The first-order chi connectivity index (χ1) is 27.9. The first kappa shape index (κ1) is 37.9. The maximum atomic E-state index is 12.6. The molecule has 3 N–H and O–H groups in total. The second kappa shape index (κ2) is 17.0. The van der Waals surface area contributed by atoms with E-state index in [1.54, 1.807) is 12.1 Å². The SMILES string of the molecule is CCc1cc2c(cc1CC)CC(N(CCc1ccc(OCc3ccccc3)c3[nH]c(=O)ccc13)CC(O)c1ccc(OCc3ccccc3)c3[nH]c(=O)ccc13)C2. The van der Waals surface area contributed by atoms with Gasteiger partial charge in [-0.15, -0.1) is 0 Å². The zero-order chi connectivity index (χ0) is 39.3. The molecule has 0 saturated carbocycles. The molecule has 1 atom stereocenters. The van der Waals surface area contributed by atoms with Gasteiger partial charge < -0.3 is 24.5 Å². The molecule has 0 fully saturated rings. The Balaban J connectivity index is 1.09. The van der Waals surface area contributed by atoms with Gasteiger partial charge in [-0.05, 0) is 101 Å². The van der Waals surface area contributed by atoms with E-state index in [1.165, 1.54) is 28.3 Å². The highest BCUT2D eigenvalue weighted by Gasteiger charge is 2.30. The molecule has 5 aromatic carbocycles. The minimum atomic E-state index is -0.843. The number of rotatable bonds is 15. The number of ether oxygens (including phenoxy) is 2. The first-order valence-corrected chi connectivity index (χ1v) is 20.1. The lowest BCUT2D eigenvalue weighted by Crippen LogP contribution is -2.40. The summed E-state index contributed by atoms with van der Waals surface area (Å²) in [5, 5.41) is 13.9. The van der Waals surface area contributed by atoms with E-state index in [-0.39, 0.29) is 17.2 Å². The van der Waals surface area contributed by atoms with Crippen LogP contribution in [0.25, 0.3) is 21.8 Å². The average molecular weight is 760 g/mol. The summed E-state index contributed by atoms with van der Waals surface area (Å²) >= 11 is 0. The lowest BCUT2D eigenvalue weighted by atomic mass is 9.97. The number of pyridine rings is 2. The molecule has 57 heavy (non-hydrogen) atoms. The van der Waals surface area contributed by atoms with Crippen molar-refractivity contribution in [3.8, 4) is 11.5 Å². The van der Waals surface area contributed by atoms with Gasteiger partial charge in [0.05, 0.1) is 17.1 Å². The van der Waals surface area contributed by atoms with Gasteiger partial charge in [-0.3, -0.25) is 14.5 Å². The smallest absolute Gasteiger partial charge is 0.248 e. The van der Waals surface area contributed by atoms with Gasteiger partial charge in [-0.2, -0.15) is 0 Å². The molecule has 0 radical (unpaired) electrons. The van der Waals surface area contributed by atoms with Crippen LogP contribution in [0.2, 0.25) is 0 Å². The molecule has 0 aliphatic heterocycles. The van der Waals surface area contributed by atoms with Gasteiger partial charge in [-0.1, -0.05) is 98.8 Å². The number of aliphatic hydroxyl groups is 1. The zero-order valence-electron chi connectivity index (χ0n) is 32.6. The van der Waals surface area contributed by atoms with Crippen LogP contribution >= 0.6 is 0 Å². The number of nitrogens with zero attached hydrogens (tertiary/aromatic N) is 1. The summed E-state index contributed by atoms with van der Waals surface area (Å²) in [5.41, 5.74) is 10.3. The minimum Gasteiger partial charge on any atom is -0.487 e. The van der Waals surface area contributed by atoms with Crippen molar-refractivity contribution in [2.75, 3.05) is 13.1 Å². The third kappa shape index (κ3) is 8.43. The highest BCUT2D eigenvalue weighted by molar-refractivity contribution is 5.88. The molecule has 8 nitrogen and oxygen atoms in total. The van der Waals surface area contributed by atoms with Crippen LogP contribution in [0.1, 0.15) is 64.5 Å². The monoisotopic (exact) mass is 759 g/mol. The van der Waals surface area contributed by atoms with Crippen LogP contribution in [0.15, 0.2) is 131 Å². The Kier molecular flexibility index (Phi) is 11.3. The average Bonchev–Trinajstić information content (AvgIpc) is 3.66. The largest absolute Gasteiger partial charge is 0.487 e. The number of fused-ring (bicyclic) bond motifs is 3. The Hall–Kier alpha value is -5.96. The van der Waals surface area contributed by atoms with Gasteiger partial charge in [0.2, 0.25) is 11.1 Å². The van der Waals surface area contributed by atoms with Crippen molar-refractivity contribution in [2.45, 2.75) is 71.3 Å². The van der Waals surface area contributed by atoms with Gasteiger partial charge in [0, 0.05) is 42.0 Å². The van der Waals surface area contributed by atoms with Crippen molar-refractivity contribution in [3.05, 3.63) is 187 Å². The van der Waals surface area contributed by atoms with Crippen LogP contribution in [0.4, 0.5) is 0 Å². The lowest BCUT2D eigenvalue weighted by molar-refractivity contribution is 0.0902. The Morgan fingerprint density at radius 3 is 1.74 bits per heavy atom. The van der Waals surface area contributed by atoms with E-state index < -0.39 is 6.10 Å². The fourth-order valence-electron chi connectivity index (χ4n) is 8.43. The molecule has 7 aromatic rings. The molecular formula is C49H49N3O5. The normalized spacial score (nSPS) is 13.3. The third-order valence-corrected chi connectivity index (χ3v) is 11.5. The summed E-state index contributed by atoms with van der Waals surface area (Å²) in [6.45, 7) is 6.27. The summed E-state index contributed by atoms with van der Waals surface area (Å²) in [6.07, 6.45) is 3.67. The maximum absolute atomic E-state index is 12.6. The van der Waals surface area contributed by atoms with Gasteiger partial charge >= 0.3 is 0 Å². The van der Waals surface area contributed by atoms with Crippen LogP contribution in [-0.2, 0) is 45.3 Å². The van der Waals surface area contributed by atoms with Crippen LogP contribution < -0.4 is 20.6 Å². The number of aromatic nitrogens is 2. The summed E-state index contributed by atoms with van der Waals surface area (Å²) in [6, 6.07) is 39.4. The number of hydrogen-bond acceptors (Lipinski definition) is 6. The van der Waals surface area contributed by atoms with Gasteiger partial charge in [0.15, 0.2) is 0 Å². The molecule has 0 saturated heterocycles. The quantitative estimate of drug-likeness (QED) is 0.0970. The van der Waals surface area contributed by atoms with E-state index >= 15 is 0 Å². The van der Waals surface area contributed by atoms with Gasteiger partial charge in [0.25, 0.3) is 0 Å². The zero-order valence-corrected chi connectivity index (χ0v) is 32.6. The molecular weight excluding hydrogens is 711 g/mol. The number of aromatic amines is 2. The molecule has 290 valence electrons. The summed E-state index contributed by atoms with van der Waals surface area (Å²) in [4.78, 5) is 33.6. The molecule has 1 aliphatic rings. The first-order valence-electron chi connectivity index (χ1n) is 20.1. The van der Waals surface area contributed by atoms with Crippen LogP contribution in [0.5, 0.6) is 11.5 Å². The van der Waals surface area contributed by atoms with E-state index in [9.17, 15) is 14.7 Å². The molecule has 0 amide bonds. The summed E-state index contributed by atoms with van der Waals surface area (Å²) < 4.78 is 12.5. The number of H-pyrrole nitrogens is 2. The second-order valence-electron chi connectivity index (χ2n) is 15.1. The number of aryl methyl sites for hydroxylation is 2. The number of nitrogens with one attached hydrogen (secondary N) is 2. The van der Waals surface area contributed by atoms with E-state index in [1.807, 2.05) is 84.9 Å². The highest BCUT2D eigenvalue weighted by Crippen LogP contribution is 2.34. The highest BCUT2D eigenvalue weighted by atomic mass is 16.5. The van der Waals surface area contributed by atoms with E-state index in [2.05, 4.69) is 46.9 Å². The molecule has 8 rings (SSSR count). The summed E-state index contributed by atoms with van der Waals surface area (Å²) in [5.74, 6) is 1.19. The molecule has 0 bridgehead atoms. The standard InChI is InChI=1S/C49H49N3O5/c1-3-34-25-37-27-39(28-38(37)26-35(34)4-2)52(24-23-36-15-19-44(48-40(36)17-21-46(54)50-48)56-30-32-11-7-5-8-12-32)29-43(53)41-16-20-45(49-42(41)18-22-47(55)51-49)57-31-33-13-9-6-10-14-33/h5-22,25-26,39,43,53H,3-4,23-24,27-31H2,1-2H3,(H,50,54)(H,51,55). The third-order valence-electron chi connectivity index (χ3n) is 11.5. The second-order valence-corrected chi connectivity index (χ2v) is 15.1. The summed E-state index contributed by atoms with van der Waals surface area (Å²) in [7, 11) is 0. The van der Waals surface area contributed by atoms with Crippen molar-refractivity contribution in [3.63, 3.8) is 0 Å². The Morgan fingerprint density at radius 2 is 1.18 bits per heavy atom. The fourth-order valence-corrected chi connectivity index (χ4v) is 8.43. The van der Waals surface area contributed by atoms with Crippen molar-refractivity contribution < 1.29 is 14.6 Å². The Bertz CT molecular complexity index is 2580. The lowest BCUT2D eigenvalue weighted by Gasteiger charge is -2.31. The van der Waals surface area contributed by atoms with Crippen molar-refractivity contribution in [1.82, 2.24) is 14.9 Å². The van der Waals surface area contributed by atoms with E-state index in [4.69, 9.17) is 9.47 Å².